The minimum atomic E-state index is -0.474. The molecule has 0 radical (unpaired) electrons. The fraction of sp³-hybridized carbons (Fsp3) is 1.00. The predicted molar refractivity (Wildman–Crippen MR) is 73.3 cm³/mol. The van der Waals surface area contributed by atoms with Crippen molar-refractivity contribution in [1.29, 1.82) is 0 Å². The molecule has 0 aromatic heterocycles. The molecular formula is C14H30N2O. The van der Waals surface area contributed by atoms with Crippen LogP contribution in [-0.4, -0.2) is 59.3 Å². The van der Waals surface area contributed by atoms with E-state index in [0.29, 0.717) is 6.04 Å². The van der Waals surface area contributed by atoms with Gasteiger partial charge in [0.2, 0.25) is 0 Å². The molecule has 0 amide bonds. The highest BCUT2D eigenvalue weighted by Gasteiger charge is 2.28. The van der Waals surface area contributed by atoms with Crippen molar-refractivity contribution in [2.45, 2.75) is 58.6 Å². The Bertz CT molecular complexity index is 208. The fourth-order valence-corrected chi connectivity index (χ4v) is 2.51. The Morgan fingerprint density at radius 2 is 1.59 bits per heavy atom. The number of hydrogen-bond acceptors (Lipinski definition) is 3. The Balaban J connectivity index is 2.37. The summed E-state index contributed by atoms with van der Waals surface area (Å²) in [7, 11) is 0. The van der Waals surface area contributed by atoms with Crippen molar-refractivity contribution in [2.24, 2.45) is 0 Å². The smallest absolute Gasteiger partial charge is 0.0768 e. The number of piperazine rings is 1. The predicted octanol–water partition coefficient (Wildman–Crippen LogP) is 1.95. The Labute approximate surface area is 107 Å². The van der Waals surface area contributed by atoms with Gasteiger partial charge in [0, 0.05) is 38.8 Å². The van der Waals surface area contributed by atoms with Crippen LogP contribution in [0.25, 0.3) is 0 Å². The average Bonchev–Trinajstić information content (AvgIpc) is 2.38. The molecule has 0 aromatic rings. The summed E-state index contributed by atoms with van der Waals surface area (Å²) in [5, 5.41) is 10.3. The molecule has 1 heterocycles. The standard InChI is InChI=1S/C14H30N2O/c1-5-13(4)16-10-8-15(9-11-16)12-14(17,6-2)7-3/h13,17H,5-12H2,1-4H3. The number of hydrogen-bond donors (Lipinski definition) is 1. The van der Waals surface area contributed by atoms with Crippen LogP contribution < -0.4 is 0 Å². The molecule has 1 N–H and O–H groups in total. The summed E-state index contributed by atoms with van der Waals surface area (Å²) in [5.74, 6) is 0. The molecule has 0 aromatic carbocycles. The number of aliphatic hydroxyl groups is 1. The molecule has 1 rings (SSSR count). The molecule has 0 spiro atoms. The zero-order chi connectivity index (χ0) is 12.9. The van der Waals surface area contributed by atoms with Crippen LogP contribution in [0.15, 0.2) is 0 Å². The van der Waals surface area contributed by atoms with Gasteiger partial charge in [-0.15, -0.1) is 0 Å². The summed E-state index contributed by atoms with van der Waals surface area (Å²) in [6, 6.07) is 0.702. The summed E-state index contributed by atoms with van der Waals surface area (Å²) in [6.07, 6.45) is 2.94. The van der Waals surface area contributed by atoms with Crippen LogP contribution in [0.5, 0.6) is 0 Å². The van der Waals surface area contributed by atoms with Crippen LogP contribution in [-0.2, 0) is 0 Å². The highest BCUT2D eigenvalue weighted by Crippen LogP contribution is 2.18. The van der Waals surface area contributed by atoms with Gasteiger partial charge in [-0.2, -0.15) is 0 Å². The summed E-state index contributed by atoms with van der Waals surface area (Å²) in [6.45, 7) is 14.1. The van der Waals surface area contributed by atoms with E-state index in [1.165, 1.54) is 6.42 Å². The van der Waals surface area contributed by atoms with Gasteiger partial charge in [-0.25, -0.2) is 0 Å². The van der Waals surface area contributed by atoms with Gasteiger partial charge < -0.3 is 5.11 Å². The van der Waals surface area contributed by atoms with E-state index in [1.54, 1.807) is 0 Å². The SMILES string of the molecule is CCC(C)N1CCN(CC(O)(CC)CC)CC1. The summed E-state index contributed by atoms with van der Waals surface area (Å²) < 4.78 is 0. The molecule has 17 heavy (non-hydrogen) atoms. The van der Waals surface area contributed by atoms with Crippen molar-refractivity contribution in [3.63, 3.8) is 0 Å². The lowest BCUT2D eigenvalue weighted by molar-refractivity contribution is -0.0188. The second-order valence-corrected chi connectivity index (χ2v) is 5.50. The zero-order valence-corrected chi connectivity index (χ0v) is 12.1. The van der Waals surface area contributed by atoms with Crippen LogP contribution in [0.4, 0.5) is 0 Å². The van der Waals surface area contributed by atoms with Gasteiger partial charge in [0.15, 0.2) is 0 Å². The van der Waals surface area contributed by atoms with E-state index < -0.39 is 5.60 Å². The lowest BCUT2D eigenvalue weighted by Gasteiger charge is -2.41. The number of nitrogens with zero attached hydrogens (tertiary/aromatic N) is 2. The van der Waals surface area contributed by atoms with Crippen molar-refractivity contribution in [2.75, 3.05) is 32.7 Å². The van der Waals surface area contributed by atoms with Crippen LogP contribution >= 0.6 is 0 Å². The molecule has 1 unspecified atom stereocenters. The van der Waals surface area contributed by atoms with Gasteiger partial charge in [0.1, 0.15) is 0 Å². The molecule has 3 nitrogen and oxygen atoms in total. The highest BCUT2D eigenvalue weighted by molar-refractivity contribution is 4.83. The fourth-order valence-electron chi connectivity index (χ4n) is 2.51. The Hall–Kier alpha value is -0.120. The first kappa shape index (κ1) is 14.9. The first-order valence-corrected chi connectivity index (χ1v) is 7.23. The number of β-amino-alcohol motifs (C(OH)–C–C–N with tert-alkyl or cyclic N) is 1. The average molecular weight is 242 g/mol. The van der Waals surface area contributed by atoms with Gasteiger partial charge in [0.25, 0.3) is 0 Å². The molecule has 1 aliphatic rings. The van der Waals surface area contributed by atoms with Crippen molar-refractivity contribution >= 4 is 0 Å². The molecule has 3 heteroatoms. The summed E-state index contributed by atoms with van der Waals surface area (Å²) >= 11 is 0. The Kier molecular flexibility index (Phi) is 5.90. The molecule has 1 saturated heterocycles. The van der Waals surface area contributed by atoms with Gasteiger partial charge >= 0.3 is 0 Å². The minimum Gasteiger partial charge on any atom is -0.389 e. The minimum absolute atomic E-state index is 0.474. The van der Waals surface area contributed by atoms with Crippen molar-refractivity contribution in [3.05, 3.63) is 0 Å². The maximum Gasteiger partial charge on any atom is 0.0768 e. The molecule has 102 valence electrons. The second kappa shape index (κ2) is 6.72. The lowest BCUT2D eigenvalue weighted by atomic mass is 9.96. The monoisotopic (exact) mass is 242 g/mol. The molecular weight excluding hydrogens is 212 g/mol. The van der Waals surface area contributed by atoms with E-state index in [-0.39, 0.29) is 0 Å². The molecule has 0 saturated carbocycles. The lowest BCUT2D eigenvalue weighted by Crippen LogP contribution is -2.53. The second-order valence-electron chi connectivity index (χ2n) is 5.50. The van der Waals surface area contributed by atoms with E-state index >= 15 is 0 Å². The van der Waals surface area contributed by atoms with Crippen LogP contribution in [0.2, 0.25) is 0 Å². The third-order valence-electron chi connectivity index (χ3n) is 4.46. The third kappa shape index (κ3) is 4.23. The first-order chi connectivity index (χ1) is 8.04. The normalized spacial score (nSPS) is 21.7. The van der Waals surface area contributed by atoms with Crippen molar-refractivity contribution in [3.8, 4) is 0 Å². The van der Waals surface area contributed by atoms with E-state index in [1.807, 2.05) is 0 Å². The van der Waals surface area contributed by atoms with Crippen molar-refractivity contribution < 1.29 is 5.11 Å². The molecule has 0 aliphatic carbocycles. The largest absolute Gasteiger partial charge is 0.389 e. The quantitative estimate of drug-likeness (QED) is 0.771. The molecule has 0 bridgehead atoms. The van der Waals surface area contributed by atoms with Crippen LogP contribution in [0, 0.1) is 0 Å². The van der Waals surface area contributed by atoms with Gasteiger partial charge in [-0.1, -0.05) is 20.8 Å². The highest BCUT2D eigenvalue weighted by atomic mass is 16.3. The van der Waals surface area contributed by atoms with E-state index in [9.17, 15) is 5.11 Å². The van der Waals surface area contributed by atoms with Gasteiger partial charge in [-0.05, 0) is 26.2 Å². The maximum absolute atomic E-state index is 10.3. The maximum atomic E-state index is 10.3. The Morgan fingerprint density at radius 1 is 1.06 bits per heavy atom. The molecule has 1 atom stereocenters. The van der Waals surface area contributed by atoms with Crippen LogP contribution in [0.3, 0.4) is 0 Å². The third-order valence-corrected chi connectivity index (χ3v) is 4.46. The number of rotatable bonds is 6. The Morgan fingerprint density at radius 3 is 2.00 bits per heavy atom. The van der Waals surface area contributed by atoms with Gasteiger partial charge in [-0.3, -0.25) is 9.80 Å². The zero-order valence-electron chi connectivity index (χ0n) is 12.1. The summed E-state index contributed by atoms with van der Waals surface area (Å²) in [4.78, 5) is 4.99. The molecule has 1 aliphatic heterocycles. The van der Waals surface area contributed by atoms with E-state index in [0.717, 1.165) is 45.6 Å². The van der Waals surface area contributed by atoms with E-state index in [4.69, 9.17) is 0 Å². The topological polar surface area (TPSA) is 26.7 Å². The van der Waals surface area contributed by atoms with Crippen molar-refractivity contribution in [1.82, 2.24) is 9.80 Å². The van der Waals surface area contributed by atoms with Crippen LogP contribution in [0.1, 0.15) is 47.0 Å². The van der Waals surface area contributed by atoms with E-state index in [2.05, 4.69) is 37.5 Å². The molecule has 1 fully saturated rings. The first-order valence-electron chi connectivity index (χ1n) is 7.23. The summed E-state index contributed by atoms with van der Waals surface area (Å²) in [5.41, 5.74) is -0.474. The van der Waals surface area contributed by atoms with Gasteiger partial charge in [0.05, 0.1) is 5.60 Å².